The maximum atomic E-state index is 12.3. The first-order valence-electron chi connectivity index (χ1n) is 7.62. The number of hydrogen-bond acceptors (Lipinski definition) is 6. The van der Waals surface area contributed by atoms with E-state index in [1.54, 1.807) is 28.9 Å². The van der Waals surface area contributed by atoms with Crippen LogP contribution < -0.4 is 0 Å². The van der Waals surface area contributed by atoms with Gasteiger partial charge in [0.25, 0.3) is 0 Å². The first-order chi connectivity index (χ1) is 11.1. The molecular weight excluding hydrogens is 314 g/mol. The Hall–Kier alpha value is -2.09. The van der Waals surface area contributed by atoms with Crippen LogP contribution in [-0.4, -0.2) is 55.0 Å². The minimum atomic E-state index is 0.127. The summed E-state index contributed by atoms with van der Waals surface area (Å²) in [7, 11) is 0. The Morgan fingerprint density at radius 2 is 2.00 bits per heavy atom. The van der Waals surface area contributed by atoms with Gasteiger partial charge in [-0.1, -0.05) is 18.7 Å². The van der Waals surface area contributed by atoms with Crippen LogP contribution in [0.15, 0.2) is 29.4 Å². The van der Waals surface area contributed by atoms with Gasteiger partial charge in [-0.3, -0.25) is 4.79 Å². The molecule has 0 spiro atoms. The number of phenolic OH excluding ortho intramolecular Hbond substituents is 1. The Balaban J connectivity index is 1.62. The smallest absolute Gasteiger partial charge is 0.233 e. The van der Waals surface area contributed by atoms with E-state index in [4.69, 9.17) is 0 Å². The highest BCUT2D eigenvalue weighted by Crippen LogP contribution is 2.22. The van der Waals surface area contributed by atoms with E-state index in [2.05, 4.69) is 22.4 Å². The Bertz CT molecular complexity index is 665. The first kappa shape index (κ1) is 15.8. The molecule has 122 valence electrons. The lowest BCUT2D eigenvalue weighted by atomic mass is 9.99. The molecule has 1 fully saturated rings. The summed E-state index contributed by atoms with van der Waals surface area (Å²) in [5, 5.41) is 21.5. The van der Waals surface area contributed by atoms with Crippen molar-refractivity contribution in [3.63, 3.8) is 0 Å². The Morgan fingerprint density at radius 3 is 2.70 bits per heavy atom. The number of carbonyl (C=O) groups excluding carboxylic acids is 1. The summed E-state index contributed by atoms with van der Waals surface area (Å²) in [6.07, 6.45) is 2.14. The summed E-state index contributed by atoms with van der Waals surface area (Å²) in [6, 6.07) is 6.60. The van der Waals surface area contributed by atoms with E-state index in [-0.39, 0.29) is 11.7 Å². The van der Waals surface area contributed by atoms with Crippen LogP contribution in [0.5, 0.6) is 5.75 Å². The van der Waals surface area contributed by atoms with E-state index in [0.29, 0.717) is 16.8 Å². The van der Waals surface area contributed by atoms with Crippen molar-refractivity contribution in [3.8, 4) is 11.4 Å². The van der Waals surface area contributed by atoms with Gasteiger partial charge in [-0.15, -0.1) is 5.10 Å². The third-order valence-electron chi connectivity index (χ3n) is 4.00. The number of aromatic hydroxyl groups is 1. The Kier molecular flexibility index (Phi) is 4.80. The summed E-state index contributed by atoms with van der Waals surface area (Å²) in [4.78, 5) is 14.2. The average molecular weight is 333 g/mol. The molecule has 1 aliphatic rings. The molecule has 7 nitrogen and oxygen atoms in total. The van der Waals surface area contributed by atoms with Crippen molar-refractivity contribution in [1.82, 2.24) is 25.1 Å². The van der Waals surface area contributed by atoms with Crippen LogP contribution >= 0.6 is 11.8 Å². The van der Waals surface area contributed by atoms with Gasteiger partial charge in [0.15, 0.2) is 0 Å². The SMILES string of the molecule is CC1CCN(C(=O)CSc2nnnn2-c2ccc(O)cc2)CC1. The molecule has 0 unspecified atom stereocenters. The number of benzene rings is 1. The molecule has 3 rings (SSSR count). The van der Waals surface area contributed by atoms with Crippen molar-refractivity contribution >= 4 is 17.7 Å². The van der Waals surface area contributed by atoms with E-state index in [1.807, 2.05) is 4.90 Å². The summed E-state index contributed by atoms with van der Waals surface area (Å²) in [6.45, 7) is 3.90. The number of hydrogen-bond donors (Lipinski definition) is 1. The normalized spacial score (nSPS) is 15.8. The second-order valence-electron chi connectivity index (χ2n) is 5.74. The lowest BCUT2D eigenvalue weighted by Crippen LogP contribution is -2.38. The lowest BCUT2D eigenvalue weighted by molar-refractivity contribution is -0.129. The number of rotatable bonds is 4. The summed E-state index contributed by atoms with van der Waals surface area (Å²) in [5.41, 5.74) is 0.745. The second-order valence-corrected chi connectivity index (χ2v) is 6.68. The van der Waals surface area contributed by atoms with Gasteiger partial charge in [-0.05, 0) is 53.5 Å². The number of carbonyl (C=O) groups is 1. The van der Waals surface area contributed by atoms with Crippen molar-refractivity contribution in [2.75, 3.05) is 18.8 Å². The minimum absolute atomic E-state index is 0.127. The van der Waals surface area contributed by atoms with Crippen LogP contribution in [0.25, 0.3) is 5.69 Å². The summed E-state index contributed by atoms with van der Waals surface area (Å²) >= 11 is 1.33. The quantitative estimate of drug-likeness (QED) is 0.858. The number of aromatic nitrogens is 4. The Labute approximate surface area is 138 Å². The number of thioether (sulfide) groups is 1. The van der Waals surface area contributed by atoms with E-state index < -0.39 is 0 Å². The van der Waals surface area contributed by atoms with Crippen molar-refractivity contribution in [2.45, 2.75) is 24.9 Å². The van der Waals surface area contributed by atoms with Crippen LogP contribution in [0.1, 0.15) is 19.8 Å². The third kappa shape index (κ3) is 3.82. The fourth-order valence-corrected chi connectivity index (χ4v) is 3.29. The highest BCUT2D eigenvalue weighted by Gasteiger charge is 2.21. The largest absolute Gasteiger partial charge is 0.508 e. The lowest BCUT2D eigenvalue weighted by Gasteiger charge is -2.30. The predicted octanol–water partition coefficient (Wildman–Crippen LogP) is 1.72. The van der Waals surface area contributed by atoms with Crippen LogP contribution in [-0.2, 0) is 4.79 Å². The van der Waals surface area contributed by atoms with Gasteiger partial charge in [0.2, 0.25) is 11.1 Å². The average Bonchev–Trinajstić information content (AvgIpc) is 3.02. The Morgan fingerprint density at radius 1 is 1.30 bits per heavy atom. The molecule has 0 bridgehead atoms. The van der Waals surface area contributed by atoms with Crippen molar-refractivity contribution in [3.05, 3.63) is 24.3 Å². The van der Waals surface area contributed by atoms with Gasteiger partial charge < -0.3 is 10.0 Å². The number of amides is 1. The fraction of sp³-hybridized carbons (Fsp3) is 0.467. The molecule has 1 amide bonds. The zero-order valence-corrected chi connectivity index (χ0v) is 13.7. The molecule has 2 heterocycles. The van der Waals surface area contributed by atoms with Crippen LogP contribution in [0.2, 0.25) is 0 Å². The zero-order chi connectivity index (χ0) is 16.2. The molecule has 1 saturated heterocycles. The predicted molar refractivity (Wildman–Crippen MR) is 86.5 cm³/mol. The third-order valence-corrected chi connectivity index (χ3v) is 4.90. The highest BCUT2D eigenvalue weighted by molar-refractivity contribution is 7.99. The van der Waals surface area contributed by atoms with Gasteiger partial charge >= 0.3 is 0 Å². The van der Waals surface area contributed by atoms with E-state index >= 15 is 0 Å². The molecule has 2 aromatic rings. The maximum absolute atomic E-state index is 12.3. The maximum Gasteiger partial charge on any atom is 0.233 e. The number of likely N-dealkylation sites (tertiary alicyclic amines) is 1. The minimum Gasteiger partial charge on any atom is -0.508 e. The van der Waals surface area contributed by atoms with E-state index in [9.17, 15) is 9.90 Å². The topological polar surface area (TPSA) is 84.1 Å². The van der Waals surface area contributed by atoms with Crippen LogP contribution in [0.3, 0.4) is 0 Å². The van der Waals surface area contributed by atoms with E-state index in [0.717, 1.165) is 31.6 Å². The summed E-state index contributed by atoms with van der Waals surface area (Å²) in [5.74, 6) is 1.34. The number of nitrogens with zero attached hydrogens (tertiary/aromatic N) is 5. The molecule has 23 heavy (non-hydrogen) atoms. The van der Waals surface area contributed by atoms with Crippen LogP contribution in [0, 0.1) is 5.92 Å². The van der Waals surface area contributed by atoms with Gasteiger partial charge in [0.05, 0.1) is 11.4 Å². The molecule has 1 aliphatic heterocycles. The number of piperidine rings is 1. The molecule has 0 radical (unpaired) electrons. The standard InChI is InChI=1S/C15H19N5O2S/c1-11-6-8-19(9-7-11)14(22)10-23-15-16-17-18-20(15)12-2-4-13(21)5-3-12/h2-5,11,21H,6-10H2,1H3. The van der Waals surface area contributed by atoms with Gasteiger partial charge in [-0.25, -0.2) is 0 Å². The van der Waals surface area contributed by atoms with Gasteiger partial charge in [0.1, 0.15) is 5.75 Å². The molecule has 0 aliphatic carbocycles. The van der Waals surface area contributed by atoms with Crippen LogP contribution in [0.4, 0.5) is 0 Å². The monoisotopic (exact) mass is 333 g/mol. The molecule has 1 aromatic carbocycles. The second kappa shape index (κ2) is 6.99. The zero-order valence-electron chi connectivity index (χ0n) is 12.9. The first-order valence-corrected chi connectivity index (χ1v) is 8.60. The van der Waals surface area contributed by atoms with Crippen molar-refractivity contribution < 1.29 is 9.90 Å². The number of tetrazole rings is 1. The molecule has 8 heteroatoms. The highest BCUT2D eigenvalue weighted by atomic mass is 32.2. The molecule has 0 saturated carbocycles. The fourth-order valence-electron chi connectivity index (χ4n) is 2.50. The van der Waals surface area contributed by atoms with E-state index in [1.165, 1.54) is 11.8 Å². The number of phenols is 1. The molecular formula is C15H19N5O2S. The summed E-state index contributed by atoms with van der Waals surface area (Å²) < 4.78 is 1.57. The molecule has 1 aromatic heterocycles. The molecule has 0 atom stereocenters. The molecule has 1 N–H and O–H groups in total. The van der Waals surface area contributed by atoms with Gasteiger partial charge in [-0.2, -0.15) is 4.68 Å². The van der Waals surface area contributed by atoms with Crippen molar-refractivity contribution in [1.29, 1.82) is 0 Å². The van der Waals surface area contributed by atoms with Gasteiger partial charge in [0, 0.05) is 13.1 Å². The van der Waals surface area contributed by atoms with Crippen molar-refractivity contribution in [2.24, 2.45) is 5.92 Å².